The van der Waals surface area contributed by atoms with Gasteiger partial charge in [-0.2, -0.15) is 0 Å². The fourth-order valence-corrected chi connectivity index (χ4v) is 1.05. The predicted octanol–water partition coefficient (Wildman–Crippen LogP) is 0.724. The van der Waals surface area contributed by atoms with Gasteiger partial charge in [0.15, 0.2) is 5.96 Å². The second-order valence-corrected chi connectivity index (χ2v) is 4.05. The molecule has 0 saturated carbocycles. The number of hydrogen-bond donors (Lipinski definition) is 2. The third-order valence-electron chi connectivity index (χ3n) is 1.37. The number of nitrogens with two attached hydrogens (primary N) is 1. The van der Waals surface area contributed by atoms with Gasteiger partial charge >= 0.3 is 0 Å². The predicted molar refractivity (Wildman–Crippen MR) is 55.8 cm³/mol. The molecule has 4 nitrogen and oxygen atoms in total. The van der Waals surface area contributed by atoms with Gasteiger partial charge in [-0.25, -0.2) is 0 Å². The number of nitrogens with one attached hydrogen (secondary N) is 1. The summed E-state index contributed by atoms with van der Waals surface area (Å²) >= 11 is 0. The van der Waals surface area contributed by atoms with Crippen LogP contribution in [0.3, 0.4) is 0 Å². The van der Waals surface area contributed by atoms with Gasteiger partial charge in [-0.3, -0.25) is 4.99 Å². The Morgan fingerprint density at radius 2 is 2.08 bits per heavy atom. The lowest BCUT2D eigenvalue weighted by molar-refractivity contribution is 0.139. The van der Waals surface area contributed by atoms with Crippen molar-refractivity contribution in [1.82, 2.24) is 5.32 Å². The lowest BCUT2D eigenvalue weighted by Gasteiger charge is -2.25. The molecule has 0 fully saturated rings. The number of nitrogens with zero attached hydrogens (tertiary/aromatic N) is 1. The van der Waals surface area contributed by atoms with E-state index in [-0.39, 0.29) is 11.6 Å². The van der Waals surface area contributed by atoms with Crippen LogP contribution in [0.2, 0.25) is 0 Å². The highest BCUT2D eigenvalue weighted by atomic mass is 16.5. The van der Waals surface area contributed by atoms with Crippen LogP contribution >= 0.6 is 0 Å². The lowest BCUT2D eigenvalue weighted by Crippen LogP contribution is -2.50. The largest absolute Gasteiger partial charge is 0.382 e. The molecule has 0 aliphatic carbocycles. The van der Waals surface area contributed by atoms with E-state index in [9.17, 15) is 0 Å². The molecule has 0 aliphatic heterocycles. The summed E-state index contributed by atoms with van der Waals surface area (Å²) < 4.78 is 5.04. The van der Waals surface area contributed by atoms with E-state index in [1.54, 1.807) is 7.11 Å². The first kappa shape index (κ1) is 12.2. The zero-order valence-electron chi connectivity index (χ0n) is 9.22. The van der Waals surface area contributed by atoms with Gasteiger partial charge in [0.1, 0.15) is 0 Å². The zero-order valence-corrected chi connectivity index (χ0v) is 9.22. The summed E-state index contributed by atoms with van der Waals surface area (Å²) in [6, 6.07) is 0.214. The number of methoxy groups -OCH3 is 1. The number of rotatable bonds is 4. The van der Waals surface area contributed by atoms with Crippen LogP contribution in [0.4, 0.5) is 0 Å². The number of hydrogen-bond acceptors (Lipinski definition) is 2. The molecule has 0 aromatic heterocycles. The van der Waals surface area contributed by atoms with Crippen molar-refractivity contribution >= 4 is 5.96 Å². The van der Waals surface area contributed by atoms with E-state index < -0.39 is 0 Å². The molecule has 0 heterocycles. The maximum atomic E-state index is 5.67. The van der Waals surface area contributed by atoms with Crippen molar-refractivity contribution < 1.29 is 4.74 Å². The lowest BCUT2D eigenvalue weighted by atomic mass is 10.1. The molecule has 78 valence electrons. The molecule has 0 aromatic carbocycles. The molecule has 0 radical (unpaired) electrons. The van der Waals surface area contributed by atoms with Crippen LogP contribution in [0, 0.1) is 0 Å². The minimum atomic E-state index is -0.169. The summed E-state index contributed by atoms with van der Waals surface area (Å²) in [5.74, 6) is 0.469. The van der Waals surface area contributed by atoms with Gasteiger partial charge in [-0.05, 0) is 27.7 Å². The Balaban J connectivity index is 4.10. The van der Waals surface area contributed by atoms with Crippen molar-refractivity contribution in [1.29, 1.82) is 0 Å². The van der Waals surface area contributed by atoms with Gasteiger partial charge in [0.2, 0.25) is 0 Å². The highest BCUT2D eigenvalue weighted by Gasteiger charge is 2.17. The summed E-state index contributed by atoms with van der Waals surface area (Å²) in [5.41, 5.74) is 5.50. The van der Waals surface area contributed by atoms with E-state index >= 15 is 0 Å². The first-order valence-electron chi connectivity index (χ1n) is 4.48. The van der Waals surface area contributed by atoms with Crippen molar-refractivity contribution in [2.24, 2.45) is 10.7 Å². The Labute approximate surface area is 80.6 Å². The van der Waals surface area contributed by atoms with E-state index in [0.717, 1.165) is 0 Å². The van der Waals surface area contributed by atoms with Crippen LogP contribution < -0.4 is 11.1 Å². The van der Waals surface area contributed by atoms with Gasteiger partial charge in [-0.1, -0.05) is 0 Å². The van der Waals surface area contributed by atoms with E-state index in [2.05, 4.69) is 10.3 Å². The topological polar surface area (TPSA) is 59.6 Å². The van der Waals surface area contributed by atoms with Crippen molar-refractivity contribution in [2.45, 2.75) is 39.3 Å². The number of guanidine groups is 1. The van der Waals surface area contributed by atoms with Gasteiger partial charge in [-0.15, -0.1) is 0 Å². The SMILES string of the molecule is COCC(C)(C)NC(N)=NC(C)C. The van der Waals surface area contributed by atoms with E-state index in [1.807, 2.05) is 27.7 Å². The maximum Gasteiger partial charge on any atom is 0.189 e. The molecule has 0 aromatic rings. The molecule has 0 amide bonds. The fraction of sp³-hybridized carbons (Fsp3) is 0.889. The molecular formula is C9H21N3O. The molecule has 0 bridgehead atoms. The standard InChI is InChI=1S/C9H21N3O/c1-7(2)11-8(10)12-9(3,4)6-13-5/h7H,6H2,1-5H3,(H3,10,11,12). The molecule has 4 heteroatoms. The summed E-state index contributed by atoms with van der Waals surface area (Å²) in [7, 11) is 1.67. The third-order valence-corrected chi connectivity index (χ3v) is 1.37. The Bertz CT molecular complexity index is 176. The minimum Gasteiger partial charge on any atom is -0.382 e. The monoisotopic (exact) mass is 187 g/mol. The molecule has 0 saturated heterocycles. The molecule has 0 spiro atoms. The summed E-state index contributed by atoms with van der Waals surface area (Å²) in [6.07, 6.45) is 0. The van der Waals surface area contributed by atoms with Crippen LogP contribution in [-0.4, -0.2) is 31.3 Å². The Morgan fingerprint density at radius 1 is 1.54 bits per heavy atom. The molecule has 0 unspecified atom stereocenters. The fourth-order valence-electron chi connectivity index (χ4n) is 1.05. The quantitative estimate of drug-likeness (QED) is 0.504. The van der Waals surface area contributed by atoms with Crippen molar-refractivity contribution in [3.05, 3.63) is 0 Å². The second kappa shape index (κ2) is 5.07. The van der Waals surface area contributed by atoms with Crippen LogP contribution in [0.25, 0.3) is 0 Å². The van der Waals surface area contributed by atoms with E-state index in [0.29, 0.717) is 12.6 Å². The van der Waals surface area contributed by atoms with Crippen molar-refractivity contribution in [3.63, 3.8) is 0 Å². The van der Waals surface area contributed by atoms with Gasteiger partial charge in [0.05, 0.1) is 12.1 Å². The first-order valence-corrected chi connectivity index (χ1v) is 4.48. The Hall–Kier alpha value is -0.770. The average molecular weight is 187 g/mol. The van der Waals surface area contributed by atoms with E-state index in [4.69, 9.17) is 10.5 Å². The van der Waals surface area contributed by atoms with E-state index in [1.165, 1.54) is 0 Å². The molecule has 3 N–H and O–H groups in total. The van der Waals surface area contributed by atoms with Crippen LogP contribution in [0.1, 0.15) is 27.7 Å². The maximum absolute atomic E-state index is 5.67. The van der Waals surface area contributed by atoms with Gasteiger partial charge in [0.25, 0.3) is 0 Å². The van der Waals surface area contributed by atoms with Crippen LogP contribution in [0.15, 0.2) is 4.99 Å². The summed E-state index contributed by atoms with van der Waals surface area (Å²) in [5, 5.41) is 3.09. The summed E-state index contributed by atoms with van der Waals surface area (Å²) in [6.45, 7) is 8.59. The highest BCUT2D eigenvalue weighted by molar-refractivity contribution is 5.78. The average Bonchev–Trinajstić information content (AvgIpc) is 1.81. The molecular weight excluding hydrogens is 166 g/mol. The summed E-state index contributed by atoms with van der Waals surface area (Å²) in [4.78, 5) is 4.17. The number of ether oxygens (including phenoxy) is 1. The zero-order chi connectivity index (χ0) is 10.5. The van der Waals surface area contributed by atoms with Crippen LogP contribution in [0.5, 0.6) is 0 Å². The molecule has 13 heavy (non-hydrogen) atoms. The van der Waals surface area contributed by atoms with Gasteiger partial charge < -0.3 is 15.8 Å². The number of aliphatic imine (C=N–C) groups is 1. The molecule has 0 aliphatic rings. The minimum absolute atomic E-state index is 0.169. The Morgan fingerprint density at radius 3 is 2.46 bits per heavy atom. The molecule has 0 atom stereocenters. The smallest absolute Gasteiger partial charge is 0.189 e. The second-order valence-electron chi connectivity index (χ2n) is 4.05. The van der Waals surface area contributed by atoms with Crippen molar-refractivity contribution in [3.8, 4) is 0 Å². The first-order chi connectivity index (χ1) is 5.87. The van der Waals surface area contributed by atoms with Crippen LogP contribution in [-0.2, 0) is 4.74 Å². The normalized spacial score (nSPS) is 13.5. The highest BCUT2D eigenvalue weighted by Crippen LogP contribution is 2.01. The van der Waals surface area contributed by atoms with Crippen molar-refractivity contribution in [2.75, 3.05) is 13.7 Å². The molecule has 0 rings (SSSR count). The third kappa shape index (κ3) is 6.40. The Kier molecular flexibility index (Phi) is 4.77. The van der Waals surface area contributed by atoms with Gasteiger partial charge in [0, 0.05) is 13.2 Å².